The minimum Gasteiger partial charge on any atom is -0.337 e. The highest BCUT2D eigenvalue weighted by Gasteiger charge is 2.14. The minimum atomic E-state index is -0.219. The van der Waals surface area contributed by atoms with E-state index in [0.29, 0.717) is 12.4 Å². The Balaban J connectivity index is 2.19. The van der Waals surface area contributed by atoms with E-state index < -0.39 is 0 Å². The van der Waals surface area contributed by atoms with Gasteiger partial charge >= 0.3 is 0 Å². The lowest BCUT2D eigenvalue weighted by Crippen LogP contribution is -2.23. The molecule has 1 aliphatic rings. The molecule has 5 heteroatoms. The molecule has 0 fully saturated rings. The van der Waals surface area contributed by atoms with Crippen molar-refractivity contribution in [1.82, 2.24) is 5.06 Å². The molecule has 0 atom stereocenters. The highest BCUT2D eigenvalue weighted by atomic mass is 17.2. The number of hydrogen-bond donors (Lipinski definition) is 0. The van der Waals surface area contributed by atoms with E-state index in [1.807, 2.05) is 18.2 Å². The molecule has 0 aliphatic carbocycles. The molecule has 0 spiro atoms. The first kappa shape index (κ1) is 12.6. The van der Waals surface area contributed by atoms with Crippen molar-refractivity contribution in [2.24, 2.45) is 0 Å². The van der Waals surface area contributed by atoms with Gasteiger partial charge in [0.25, 0.3) is 5.91 Å². The van der Waals surface area contributed by atoms with E-state index in [1.165, 1.54) is 13.2 Å². The molecule has 0 unspecified atom stereocenters. The predicted molar refractivity (Wildman–Crippen MR) is 65.5 cm³/mol. The fourth-order valence-electron chi connectivity index (χ4n) is 1.69. The summed E-state index contributed by atoms with van der Waals surface area (Å²) < 4.78 is 0. The van der Waals surface area contributed by atoms with E-state index >= 15 is 0 Å². The van der Waals surface area contributed by atoms with E-state index in [4.69, 9.17) is 14.6 Å². The van der Waals surface area contributed by atoms with Gasteiger partial charge in [0.2, 0.25) is 0 Å². The fraction of sp³-hybridized carbons (Fsp3) is 0.308. The Morgan fingerprint density at radius 3 is 3.11 bits per heavy atom. The van der Waals surface area contributed by atoms with Crippen LogP contribution in [0.25, 0.3) is 6.08 Å². The summed E-state index contributed by atoms with van der Waals surface area (Å²) in [4.78, 5) is 26.4. The van der Waals surface area contributed by atoms with Crippen molar-refractivity contribution in [3.05, 3.63) is 35.4 Å². The van der Waals surface area contributed by atoms with Crippen LogP contribution in [0.5, 0.6) is 5.75 Å². The zero-order valence-corrected chi connectivity index (χ0v) is 10.4. The van der Waals surface area contributed by atoms with Gasteiger partial charge in [0, 0.05) is 25.1 Å². The zero-order chi connectivity index (χ0) is 13.0. The van der Waals surface area contributed by atoms with Crippen LogP contribution in [0.2, 0.25) is 0 Å². The molecule has 0 saturated carbocycles. The van der Waals surface area contributed by atoms with Crippen LogP contribution in [-0.2, 0) is 20.9 Å². The number of fused-ring (bicyclic) bond motifs is 1. The van der Waals surface area contributed by atoms with Gasteiger partial charge in [-0.2, -0.15) is 4.89 Å². The third kappa shape index (κ3) is 2.69. The molecular weight excluding hydrogens is 234 g/mol. The van der Waals surface area contributed by atoms with Crippen molar-refractivity contribution in [3.63, 3.8) is 0 Å². The van der Waals surface area contributed by atoms with Crippen molar-refractivity contribution < 1.29 is 19.4 Å². The van der Waals surface area contributed by atoms with Gasteiger partial charge in [-0.15, -0.1) is 0 Å². The van der Waals surface area contributed by atoms with Crippen LogP contribution >= 0.6 is 0 Å². The fourth-order valence-corrected chi connectivity index (χ4v) is 1.69. The summed E-state index contributed by atoms with van der Waals surface area (Å²) in [6, 6.07) is 5.64. The predicted octanol–water partition coefficient (Wildman–Crippen LogP) is 1.59. The van der Waals surface area contributed by atoms with Crippen LogP contribution in [0, 0.1) is 0 Å². The smallest absolute Gasteiger partial charge is 0.269 e. The minimum absolute atomic E-state index is 0.219. The number of carbonyl (C=O) groups excluding carboxylic acids is 1. The number of likely N-dealkylation sites (N-methyl/N-ethyl adjacent to an activating group) is 1. The Morgan fingerprint density at radius 1 is 1.50 bits per heavy atom. The highest BCUT2D eigenvalue weighted by molar-refractivity contribution is 5.91. The molecule has 2 rings (SSSR count). The molecule has 96 valence electrons. The summed E-state index contributed by atoms with van der Waals surface area (Å²) in [6.07, 6.45) is 3.99. The van der Waals surface area contributed by atoms with Crippen molar-refractivity contribution >= 4 is 12.0 Å². The molecule has 1 aromatic carbocycles. The molecule has 1 aromatic rings. The van der Waals surface area contributed by atoms with Crippen molar-refractivity contribution in [1.29, 1.82) is 0 Å². The molecule has 1 amide bonds. The van der Waals surface area contributed by atoms with Gasteiger partial charge < -0.3 is 4.89 Å². The van der Waals surface area contributed by atoms with Crippen LogP contribution in [0.15, 0.2) is 24.3 Å². The van der Waals surface area contributed by atoms with Crippen molar-refractivity contribution in [3.8, 4) is 5.75 Å². The largest absolute Gasteiger partial charge is 0.337 e. The summed E-state index contributed by atoms with van der Waals surface area (Å²) in [5.41, 5.74) is 2.00. The summed E-state index contributed by atoms with van der Waals surface area (Å²) in [7, 11) is 3.01. The third-order valence-corrected chi connectivity index (χ3v) is 2.74. The monoisotopic (exact) mass is 249 g/mol. The zero-order valence-electron chi connectivity index (χ0n) is 10.4. The quantitative estimate of drug-likeness (QED) is 0.463. The van der Waals surface area contributed by atoms with Gasteiger partial charge in [0.05, 0.1) is 13.7 Å². The molecule has 0 saturated heterocycles. The summed E-state index contributed by atoms with van der Waals surface area (Å²) in [6.45, 7) is 0.518. The van der Waals surface area contributed by atoms with Crippen molar-refractivity contribution in [2.75, 3.05) is 20.8 Å². The second kappa shape index (κ2) is 5.66. The topological polar surface area (TPSA) is 48.0 Å². The number of carbonyl (C=O) groups is 1. The van der Waals surface area contributed by atoms with Gasteiger partial charge in [-0.25, -0.2) is 5.06 Å². The number of hydrogen-bond acceptors (Lipinski definition) is 4. The lowest BCUT2D eigenvalue weighted by atomic mass is 10.0. The van der Waals surface area contributed by atoms with Crippen LogP contribution in [-0.4, -0.2) is 31.7 Å². The number of hydroxylamine groups is 2. The lowest BCUT2D eigenvalue weighted by molar-refractivity contribution is -0.215. The molecule has 5 nitrogen and oxygen atoms in total. The Bertz CT molecular complexity index is 470. The Labute approximate surface area is 105 Å². The first-order valence-corrected chi connectivity index (χ1v) is 5.63. The van der Waals surface area contributed by atoms with Gasteiger partial charge in [0.15, 0.2) is 5.75 Å². The molecule has 1 aliphatic heterocycles. The summed E-state index contributed by atoms with van der Waals surface area (Å²) in [5.74, 6) is 0.485. The SMILES string of the molecule is CON(C)C(=O)/C=C/c1cccc2c1CCOO2. The standard InChI is InChI=1S/C13H15NO4/c1-14(16-2)13(15)7-6-10-4-3-5-12-11(10)8-9-17-18-12/h3-7H,8-9H2,1-2H3/b7-6+. The molecule has 18 heavy (non-hydrogen) atoms. The van der Waals surface area contributed by atoms with E-state index in [2.05, 4.69) is 0 Å². The normalized spacial score (nSPS) is 14.1. The maximum absolute atomic E-state index is 11.6. The second-order valence-corrected chi connectivity index (χ2v) is 3.83. The van der Waals surface area contributed by atoms with E-state index in [1.54, 1.807) is 13.1 Å². The van der Waals surface area contributed by atoms with Gasteiger partial charge in [0.1, 0.15) is 0 Å². The van der Waals surface area contributed by atoms with Crippen LogP contribution < -0.4 is 4.89 Å². The summed E-state index contributed by atoms with van der Waals surface area (Å²) >= 11 is 0. The number of rotatable bonds is 3. The lowest BCUT2D eigenvalue weighted by Gasteiger charge is -2.17. The Hall–Kier alpha value is -1.85. The second-order valence-electron chi connectivity index (χ2n) is 3.83. The number of amides is 1. The maximum Gasteiger partial charge on any atom is 0.269 e. The molecule has 0 radical (unpaired) electrons. The highest BCUT2D eigenvalue weighted by Crippen LogP contribution is 2.27. The molecule has 0 bridgehead atoms. The van der Waals surface area contributed by atoms with Gasteiger partial charge in [-0.1, -0.05) is 12.1 Å². The first-order chi connectivity index (χ1) is 8.72. The van der Waals surface area contributed by atoms with Gasteiger partial charge in [-0.3, -0.25) is 9.63 Å². The van der Waals surface area contributed by atoms with E-state index in [-0.39, 0.29) is 5.91 Å². The average molecular weight is 249 g/mol. The molecule has 1 heterocycles. The van der Waals surface area contributed by atoms with Crippen LogP contribution in [0.1, 0.15) is 11.1 Å². The number of benzene rings is 1. The van der Waals surface area contributed by atoms with E-state index in [9.17, 15) is 4.79 Å². The third-order valence-electron chi connectivity index (χ3n) is 2.74. The van der Waals surface area contributed by atoms with E-state index in [0.717, 1.165) is 22.6 Å². The molecule has 0 N–H and O–H groups in total. The maximum atomic E-state index is 11.6. The molecular formula is C13H15NO4. The Kier molecular flexibility index (Phi) is 3.96. The molecule has 0 aromatic heterocycles. The number of nitrogens with zero attached hydrogens (tertiary/aromatic N) is 1. The average Bonchev–Trinajstić information content (AvgIpc) is 2.43. The first-order valence-electron chi connectivity index (χ1n) is 5.63. The van der Waals surface area contributed by atoms with Gasteiger partial charge in [-0.05, 0) is 17.7 Å². The van der Waals surface area contributed by atoms with Crippen molar-refractivity contribution in [2.45, 2.75) is 6.42 Å². The van der Waals surface area contributed by atoms with Crippen LogP contribution in [0.4, 0.5) is 0 Å². The summed E-state index contributed by atoms with van der Waals surface area (Å²) in [5, 5.41) is 1.16. The Morgan fingerprint density at radius 2 is 2.33 bits per heavy atom. The van der Waals surface area contributed by atoms with Crippen LogP contribution in [0.3, 0.4) is 0 Å².